The van der Waals surface area contributed by atoms with Crippen LogP contribution in [0.3, 0.4) is 0 Å². The lowest BCUT2D eigenvalue weighted by molar-refractivity contribution is 0.497. The number of nitrogens with one attached hydrogen (secondary N) is 1. The number of hydrogen-bond donors (Lipinski definition) is 2. The smallest absolute Gasteiger partial charge is 0.0956 e. The second kappa shape index (κ2) is 3.77. The third kappa shape index (κ3) is 1.86. The van der Waals surface area contributed by atoms with E-state index < -0.39 is 0 Å². The van der Waals surface area contributed by atoms with E-state index in [2.05, 4.69) is 25.2 Å². The van der Waals surface area contributed by atoms with E-state index in [0.29, 0.717) is 0 Å². The molecule has 0 atom stereocenters. The highest BCUT2D eigenvalue weighted by atomic mass is 32.1. The summed E-state index contributed by atoms with van der Waals surface area (Å²) in [6, 6.07) is 0. The first-order valence-electron chi connectivity index (χ1n) is 6.44. The molecule has 0 spiro atoms. The molecule has 0 bridgehead atoms. The van der Waals surface area contributed by atoms with Crippen molar-refractivity contribution in [2.45, 2.75) is 39.5 Å². The van der Waals surface area contributed by atoms with E-state index in [4.69, 9.17) is 5.73 Å². The molecule has 3 heteroatoms. The van der Waals surface area contributed by atoms with E-state index in [9.17, 15) is 0 Å². The van der Waals surface area contributed by atoms with Gasteiger partial charge in [0.25, 0.3) is 0 Å². The maximum absolute atomic E-state index is 6.23. The van der Waals surface area contributed by atoms with E-state index in [1.807, 2.05) is 0 Å². The van der Waals surface area contributed by atoms with Crippen molar-refractivity contribution < 1.29 is 0 Å². The monoisotopic (exact) mass is 248 g/mol. The Labute approximate surface area is 107 Å². The fourth-order valence-corrected chi connectivity index (χ4v) is 4.03. The van der Waals surface area contributed by atoms with Gasteiger partial charge in [0.15, 0.2) is 0 Å². The number of thiophene rings is 1. The van der Waals surface area contributed by atoms with Gasteiger partial charge < -0.3 is 11.1 Å². The summed E-state index contributed by atoms with van der Waals surface area (Å²) in [7, 11) is 0. The summed E-state index contributed by atoms with van der Waals surface area (Å²) < 4.78 is 0. The van der Waals surface area contributed by atoms with E-state index in [0.717, 1.165) is 11.5 Å². The maximum atomic E-state index is 6.23. The molecule has 2 aliphatic rings. The van der Waals surface area contributed by atoms with E-state index in [-0.39, 0.29) is 5.41 Å². The maximum Gasteiger partial charge on any atom is 0.0956 e. The van der Waals surface area contributed by atoms with E-state index in [1.54, 1.807) is 11.3 Å². The van der Waals surface area contributed by atoms with E-state index in [1.165, 1.54) is 47.4 Å². The van der Waals surface area contributed by atoms with Crippen LogP contribution in [0, 0.1) is 5.41 Å². The minimum Gasteiger partial charge on any atom is -0.390 e. The zero-order valence-electron chi connectivity index (χ0n) is 10.6. The molecule has 92 valence electrons. The summed E-state index contributed by atoms with van der Waals surface area (Å²) in [4.78, 5) is 1.52. The standard InChI is InChI=1S/C14H20N2S/c1-14(2)7-10(16-8-14)12-9-5-3-4-6-11(9)17-13(12)15/h7,16H,3-6,8,15H2,1-2H3. The Bertz CT molecular complexity index is 483. The van der Waals surface area contributed by atoms with Gasteiger partial charge in [0.1, 0.15) is 0 Å². The first-order valence-corrected chi connectivity index (χ1v) is 7.25. The van der Waals surface area contributed by atoms with Crippen LogP contribution in [0.2, 0.25) is 0 Å². The Hall–Kier alpha value is -0.960. The van der Waals surface area contributed by atoms with Crippen LogP contribution in [0.1, 0.15) is 42.7 Å². The van der Waals surface area contributed by atoms with Crippen LogP contribution in [0.25, 0.3) is 5.70 Å². The summed E-state index contributed by atoms with van der Waals surface area (Å²) in [5, 5.41) is 4.54. The molecule has 1 aliphatic carbocycles. The van der Waals surface area contributed by atoms with Crippen molar-refractivity contribution in [3.63, 3.8) is 0 Å². The average molecular weight is 248 g/mol. The van der Waals surface area contributed by atoms with Crippen LogP contribution in [0.4, 0.5) is 5.00 Å². The Kier molecular flexibility index (Phi) is 2.47. The lowest BCUT2D eigenvalue weighted by atomic mass is 9.92. The molecular formula is C14H20N2S. The Morgan fingerprint density at radius 1 is 1.29 bits per heavy atom. The average Bonchev–Trinajstić information content (AvgIpc) is 2.77. The molecule has 1 aliphatic heterocycles. The molecule has 0 unspecified atom stereocenters. The van der Waals surface area contributed by atoms with Crippen molar-refractivity contribution in [2.75, 3.05) is 12.3 Å². The van der Waals surface area contributed by atoms with Crippen LogP contribution >= 0.6 is 11.3 Å². The summed E-state index contributed by atoms with van der Waals surface area (Å²) in [5.74, 6) is 0. The van der Waals surface area contributed by atoms with Gasteiger partial charge >= 0.3 is 0 Å². The first-order chi connectivity index (χ1) is 8.07. The minimum absolute atomic E-state index is 0.255. The van der Waals surface area contributed by atoms with Gasteiger partial charge in [0.2, 0.25) is 0 Å². The molecule has 0 saturated heterocycles. The van der Waals surface area contributed by atoms with Crippen LogP contribution in [-0.2, 0) is 12.8 Å². The molecule has 1 aromatic rings. The Morgan fingerprint density at radius 3 is 2.76 bits per heavy atom. The Morgan fingerprint density at radius 2 is 2.06 bits per heavy atom. The van der Waals surface area contributed by atoms with Gasteiger partial charge in [0.05, 0.1) is 5.00 Å². The van der Waals surface area contributed by atoms with Crippen molar-refractivity contribution in [3.05, 3.63) is 22.1 Å². The van der Waals surface area contributed by atoms with Crippen LogP contribution in [0.5, 0.6) is 0 Å². The van der Waals surface area contributed by atoms with Gasteiger partial charge in [-0.2, -0.15) is 0 Å². The lowest BCUT2D eigenvalue weighted by Gasteiger charge is -2.13. The summed E-state index contributed by atoms with van der Waals surface area (Å²) >= 11 is 1.80. The zero-order chi connectivity index (χ0) is 12.0. The highest BCUT2D eigenvalue weighted by Crippen LogP contribution is 2.41. The molecule has 1 aromatic heterocycles. The first kappa shape index (κ1) is 11.1. The van der Waals surface area contributed by atoms with Gasteiger partial charge in [-0.25, -0.2) is 0 Å². The summed E-state index contributed by atoms with van der Waals surface area (Å²) in [5.41, 5.74) is 10.6. The lowest BCUT2D eigenvalue weighted by Crippen LogP contribution is -2.18. The number of nitrogens with two attached hydrogens (primary N) is 1. The second-order valence-electron chi connectivity index (χ2n) is 5.85. The fourth-order valence-electron chi connectivity index (χ4n) is 2.86. The van der Waals surface area contributed by atoms with E-state index >= 15 is 0 Å². The number of hydrogen-bond acceptors (Lipinski definition) is 3. The zero-order valence-corrected chi connectivity index (χ0v) is 11.4. The molecular weight excluding hydrogens is 228 g/mol. The molecule has 0 radical (unpaired) electrons. The molecule has 0 aromatic carbocycles. The molecule has 17 heavy (non-hydrogen) atoms. The molecule has 0 fully saturated rings. The molecule has 0 saturated carbocycles. The quantitative estimate of drug-likeness (QED) is 0.801. The molecule has 3 rings (SSSR count). The van der Waals surface area contributed by atoms with Crippen molar-refractivity contribution in [1.82, 2.24) is 5.32 Å². The number of fused-ring (bicyclic) bond motifs is 1. The second-order valence-corrected chi connectivity index (χ2v) is 6.99. The van der Waals surface area contributed by atoms with Gasteiger partial charge in [-0.05, 0) is 31.2 Å². The minimum atomic E-state index is 0.255. The van der Waals surface area contributed by atoms with Crippen molar-refractivity contribution >= 4 is 22.0 Å². The summed E-state index contributed by atoms with van der Waals surface area (Å²) in [6.45, 7) is 5.55. The van der Waals surface area contributed by atoms with Crippen LogP contribution in [0.15, 0.2) is 6.08 Å². The third-order valence-corrected chi connectivity index (χ3v) is 4.86. The third-order valence-electron chi connectivity index (χ3n) is 3.74. The predicted octanol–water partition coefficient (Wildman–Crippen LogP) is 3.18. The number of aryl methyl sites for hydroxylation is 1. The van der Waals surface area contributed by atoms with Crippen LogP contribution in [-0.4, -0.2) is 6.54 Å². The van der Waals surface area contributed by atoms with Crippen molar-refractivity contribution in [1.29, 1.82) is 0 Å². The van der Waals surface area contributed by atoms with Gasteiger partial charge in [-0.3, -0.25) is 0 Å². The number of anilines is 1. The summed E-state index contributed by atoms with van der Waals surface area (Å²) in [6.07, 6.45) is 7.41. The number of nitrogen functional groups attached to an aromatic ring is 1. The molecule has 3 N–H and O–H groups in total. The molecule has 0 amide bonds. The van der Waals surface area contributed by atoms with Crippen molar-refractivity contribution in [2.24, 2.45) is 5.41 Å². The number of rotatable bonds is 1. The van der Waals surface area contributed by atoms with Gasteiger partial charge in [-0.15, -0.1) is 11.3 Å². The predicted molar refractivity (Wildman–Crippen MR) is 75.1 cm³/mol. The largest absolute Gasteiger partial charge is 0.390 e. The normalized spacial score (nSPS) is 21.9. The molecule has 2 heterocycles. The Balaban J connectivity index is 2.06. The topological polar surface area (TPSA) is 38.0 Å². The fraction of sp³-hybridized carbons (Fsp3) is 0.571. The highest BCUT2D eigenvalue weighted by Gasteiger charge is 2.28. The highest BCUT2D eigenvalue weighted by molar-refractivity contribution is 7.16. The van der Waals surface area contributed by atoms with Gasteiger partial charge in [-0.1, -0.05) is 19.9 Å². The van der Waals surface area contributed by atoms with Crippen molar-refractivity contribution in [3.8, 4) is 0 Å². The van der Waals surface area contributed by atoms with Gasteiger partial charge in [0, 0.05) is 28.1 Å². The van der Waals surface area contributed by atoms with Crippen LogP contribution < -0.4 is 11.1 Å². The SMILES string of the molecule is CC1(C)C=C(c2c(N)sc3c2CCCC3)NC1. The molecule has 2 nitrogen and oxygen atoms in total.